The topological polar surface area (TPSA) is 37.8 Å². The van der Waals surface area contributed by atoms with E-state index in [1.165, 1.54) is 18.2 Å². The molecule has 2 aromatic rings. The van der Waals surface area contributed by atoms with E-state index in [9.17, 15) is 8.78 Å². The van der Waals surface area contributed by atoms with Crippen LogP contribution in [0, 0.1) is 18.6 Å². The Labute approximate surface area is 121 Å². The summed E-state index contributed by atoms with van der Waals surface area (Å²) in [5, 5.41) is 2.85. The lowest BCUT2D eigenvalue weighted by molar-refractivity contribution is 0.584. The smallest absolute Gasteiger partial charge is 0.152 e. The van der Waals surface area contributed by atoms with Crippen LogP contribution in [-0.4, -0.2) is 9.97 Å². The lowest BCUT2D eigenvalue weighted by Gasteiger charge is -2.12. The number of nitrogens with one attached hydrogen (secondary N) is 1. The van der Waals surface area contributed by atoms with Crippen LogP contribution in [0.4, 0.5) is 20.3 Å². The molecule has 1 N–H and O–H groups in total. The fraction of sp³-hybridized carbons (Fsp3) is 0.286. The Morgan fingerprint density at radius 2 is 1.90 bits per heavy atom. The molecule has 0 atom stereocenters. The second kappa shape index (κ2) is 5.71. The van der Waals surface area contributed by atoms with Gasteiger partial charge in [0.15, 0.2) is 5.82 Å². The molecular weight excluding hydrogens is 284 g/mol. The zero-order chi connectivity index (χ0) is 14.9. The molecule has 106 valence electrons. The predicted octanol–water partition coefficient (Wildman–Crippen LogP) is 4.58. The highest BCUT2D eigenvalue weighted by molar-refractivity contribution is 6.29. The molecule has 0 radical (unpaired) electrons. The molecule has 0 aliphatic rings. The molecular formula is C14H14ClF2N3. The number of nitrogens with zero attached hydrogens (tertiary/aromatic N) is 2. The first kappa shape index (κ1) is 14.7. The van der Waals surface area contributed by atoms with Crippen molar-refractivity contribution in [1.82, 2.24) is 9.97 Å². The first-order chi connectivity index (χ1) is 9.38. The van der Waals surface area contributed by atoms with Crippen LogP contribution in [0.1, 0.15) is 31.2 Å². The SMILES string of the molecule is Cc1ccc(F)c(Nc2cc(Cl)nc(C(C)C)n2)c1F. The van der Waals surface area contributed by atoms with E-state index >= 15 is 0 Å². The summed E-state index contributed by atoms with van der Waals surface area (Å²) >= 11 is 5.89. The molecule has 1 aromatic carbocycles. The molecule has 0 amide bonds. The zero-order valence-electron chi connectivity index (χ0n) is 11.3. The number of halogens is 3. The van der Waals surface area contributed by atoms with Crippen molar-refractivity contribution in [3.8, 4) is 0 Å². The second-order valence-electron chi connectivity index (χ2n) is 4.77. The maximum Gasteiger partial charge on any atom is 0.152 e. The monoisotopic (exact) mass is 297 g/mol. The molecule has 0 bridgehead atoms. The molecule has 0 unspecified atom stereocenters. The number of hydrogen-bond donors (Lipinski definition) is 1. The fourth-order valence-corrected chi connectivity index (χ4v) is 1.85. The van der Waals surface area contributed by atoms with Crippen LogP contribution in [-0.2, 0) is 0 Å². The number of rotatable bonds is 3. The van der Waals surface area contributed by atoms with Crippen molar-refractivity contribution in [3.05, 3.63) is 46.4 Å². The van der Waals surface area contributed by atoms with Crippen molar-refractivity contribution in [2.24, 2.45) is 0 Å². The molecule has 0 saturated carbocycles. The summed E-state index contributed by atoms with van der Waals surface area (Å²) in [4.78, 5) is 8.26. The van der Waals surface area contributed by atoms with Gasteiger partial charge in [0.25, 0.3) is 0 Å². The summed E-state index contributed by atoms with van der Waals surface area (Å²) in [6.45, 7) is 5.37. The van der Waals surface area contributed by atoms with Gasteiger partial charge in [0.1, 0.15) is 28.3 Å². The molecule has 6 heteroatoms. The van der Waals surface area contributed by atoms with Gasteiger partial charge in [0.2, 0.25) is 0 Å². The zero-order valence-corrected chi connectivity index (χ0v) is 12.1. The van der Waals surface area contributed by atoms with Crippen molar-refractivity contribution in [2.45, 2.75) is 26.7 Å². The second-order valence-corrected chi connectivity index (χ2v) is 5.15. The summed E-state index contributed by atoms with van der Waals surface area (Å²) in [5.74, 6) is -0.508. The van der Waals surface area contributed by atoms with Crippen LogP contribution in [0.2, 0.25) is 5.15 Å². The first-order valence-electron chi connectivity index (χ1n) is 6.14. The Balaban J connectivity index is 2.43. The minimum atomic E-state index is -0.686. The van der Waals surface area contributed by atoms with E-state index in [-0.39, 0.29) is 22.6 Å². The maximum absolute atomic E-state index is 13.9. The molecule has 0 spiro atoms. The van der Waals surface area contributed by atoms with Gasteiger partial charge in [0.05, 0.1) is 0 Å². The number of aryl methyl sites for hydroxylation is 1. The maximum atomic E-state index is 13.9. The van der Waals surface area contributed by atoms with Gasteiger partial charge in [-0.25, -0.2) is 18.7 Å². The van der Waals surface area contributed by atoms with Crippen LogP contribution >= 0.6 is 11.6 Å². The van der Waals surface area contributed by atoms with Crippen LogP contribution in [0.25, 0.3) is 0 Å². The van der Waals surface area contributed by atoms with E-state index in [4.69, 9.17) is 11.6 Å². The summed E-state index contributed by atoms with van der Waals surface area (Å²) in [6.07, 6.45) is 0. The largest absolute Gasteiger partial charge is 0.335 e. The first-order valence-corrected chi connectivity index (χ1v) is 6.52. The third-order valence-corrected chi connectivity index (χ3v) is 2.96. The Kier molecular flexibility index (Phi) is 4.18. The predicted molar refractivity (Wildman–Crippen MR) is 75.5 cm³/mol. The van der Waals surface area contributed by atoms with E-state index in [1.807, 2.05) is 13.8 Å². The highest BCUT2D eigenvalue weighted by Crippen LogP contribution is 2.26. The van der Waals surface area contributed by atoms with Crippen LogP contribution in [0.15, 0.2) is 18.2 Å². The number of benzene rings is 1. The summed E-state index contributed by atoms with van der Waals surface area (Å²) in [7, 11) is 0. The lowest BCUT2D eigenvalue weighted by Crippen LogP contribution is -2.05. The normalized spacial score (nSPS) is 10.9. The highest BCUT2D eigenvalue weighted by atomic mass is 35.5. The Bertz CT molecular complexity index is 645. The van der Waals surface area contributed by atoms with E-state index < -0.39 is 11.6 Å². The average molecular weight is 298 g/mol. The van der Waals surface area contributed by atoms with E-state index in [0.29, 0.717) is 11.4 Å². The van der Waals surface area contributed by atoms with Gasteiger partial charge in [-0.15, -0.1) is 0 Å². The minimum absolute atomic E-state index is 0.0569. The number of hydrogen-bond acceptors (Lipinski definition) is 3. The average Bonchev–Trinajstić information content (AvgIpc) is 2.38. The highest BCUT2D eigenvalue weighted by Gasteiger charge is 2.14. The van der Waals surface area contributed by atoms with Gasteiger partial charge in [-0.3, -0.25) is 0 Å². The van der Waals surface area contributed by atoms with Crippen LogP contribution < -0.4 is 5.32 Å². The van der Waals surface area contributed by atoms with E-state index in [0.717, 1.165) is 0 Å². The van der Waals surface area contributed by atoms with Crippen molar-refractivity contribution in [1.29, 1.82) is 0 Å². The summed E-state index contributed by atoms with van der Waals surface area (Å²) < 4.78 is 27.6. The standard InChI is InChI=1S/C14H14ClF2N3/c1-7(2)14-18-10(15)6-11(20-14)19-13-9(16)5-4-8(3)12(13)17/h4-7H,1-3H3,(H,18,19,20). The molecule has 0 aliphatic heterocycles. The van der Waals surface area contributed by atoms with Gasteiger partial charge < -0.3 is 5.32 Å². The molecule has 20 heavy (non-hydrogen) atoms. The van der Waals surface area contributed by atoms with Gasteiger partial charge >= 0.3 is 0 Å². The molecule has 3 nitrogen and oxygen atoms in total. The minimum Gasteiger partial charge on any atom is -0.335 e. The van der Waals surface area contributed by atoms with E-state index in [2.05, 4.69) is 15.3 Å². The van der Waals surface area contributed by atoms with Crippen LogP contribution in [0.3, 0.4) is 0 Å². The number of anilines is 2. The lowest BCUT2D eigenvalue weighted by atomic mass is 10.2. The van der Waals surface area contributed by atoms with Crippen molar-refractivity contribution >= 4 is 23.1 Å². The van der Waals surface area contributed by atoms with Crippen LogP contribution in [0.5, 0.6) is 0 Å². The van der Waals surface area contributed by atoms with Gasteiger partial charge in [-0.2, -0.15) is 0 Å². The summed E-state index contributed by atoms with van der Waals surface area (Å²) in [6, 6.07) is 4.00. The third-order valence-electron chi connectivity index (χ3n) is 2.77. The molecule has 0 aliphatic carbocycles. The molecule has 2 rings (SSSR count). The van der Waals surface area contributed by atoms with Crippen molar-refractivity contribution < 1.29 is 8.78 Å². The molecule has 1 heterocycles. The van der Waals surface area contributed by atoms with Crippen molar-refractivity contribution in [3.63, 3.8) is 0 Å². The quantitative estimate of drug-likeness (QED) is 0.842. The Morgan fingerprint density at radius 1 is 1.20 bits per heavy atom. The fourth-order valence-electron chi connectivity index (χ4n) is 1.66. The number of aromatic nitrogens is 2. The summed E-state index contributed by atoms with van der Waals surface area (Å²) in [5.41, 5.74) is 0.104. The van der Waals surface area contributed by atoms with Gasteiger partial charge in [-0.1, -0.05) is 31.5 Å². The molecule has 0 fully saturated rings. The van der Waals surface area contributed by atoms with Gasteiger partial charge in [0, 0.05) is 12.0 Å². The third kappa shape index (κ3) is 3.04. The molecule has 0 saturated heterocycles. The van der Waals surface area contributed by atoms with Crippen molar-refractivity contribution in [2.75, 3.05) is 5.32 Å². The van der Waals surface area contributed by atoms with E-state index in [1.54, 1.807) is 6.92 Å². The molecule has 1 aromatic heterocycles. The van der Waals surface area contributed by atoms with Gasteiger partial charge in [-0.05, 0) is 18.6 Å². The Morgan fingerprint density at radius 3 is 2.55 bits per heavy atom. The Hall–Kier alpha value is -1.75.